The molecule has 0 atom stereocenters. The highest BCUT2D eigenvalue weighted by molar-refractivity contribution is 6.02. The van der Waals surface area contributed by atoms with Gasteiger partial charge in [-0.2, -0.15) is 5.26 Å². The number of benzene rings is 2. The van der Waals surface area contributed by atoms with Crippen molar-refractivity contribution in [2.24, 2.45) is 0 Å². The number of nitrogens with one attached hydrogen (secondary N) is 2. The smallest absolute Gasteiger partial charge is 0.275 e. The predicted molar refractivity (Wildman–Crippen MR) is 90.7 cm³/mol. The van der Waals surface area contributed by atoms with Gasteiger partial charge in [0, 0.05) is 0 Å². The largest absolute Gasteiger partial charge is 0.338 e. The van der Waals surface area contributed by atoms with Gasteiger partial charge in [0.15, 0.2) is 17.5 Å². The molecule has 0 aliphatic carbocycles. The topological polar surface area (TPSA) is 90.7 Å². The number of hydrogen-bond donors (Lipinski definition) is 2. The lowest BCUT2D eigenvalue weighted by Crippen LogP contribution is -2.16. The van der Waals surface area contributed by atoms with Crippen molar-refractivity contribution in [3.63, 3.8) is 0 Å². The third-order valence-corrected chi connectivity index (χ3v) is 3.48. The Balaban J connectivity index is 1.75. The average Bonchev–Trinajstić information content (AvgIpc) is 2.69. The van der Waals surface area contributed by atoms with E-state index < -0.39 is 29.0 Å². The van der Waals surface area contributed by atoms with Gasteiger partial charge in [-0.25, -0.2) is 23.1 Å². The maximum atomic E-state index is 13.6. The minimum atomic E-state index is -1.69. The van der Waals surface area contributed by atoms with Crippen molar-refractivity contribution in [3.05, 3.63) is 77.5 Å². The maximum absolute atomic E-state index is 13.6. The Bertz CT molecular complexity index is 1050. The molecule has 27 heavy (non-hydrogen) atoms. The van der Waals surface area contributed by atoms with Crippen LogP contribution in [0.4, 0.5) is 30.4 Å². The summed E-state index contributed by atoms with van der Waals surface area (Å²) < 4.78 is 39.7. The van der Waals surface area contributed by atoms with Gasteiger partial charge < -0.3 is 10.6 Å². The highest BCUT2D eigenvalue weighted by atomic mass is 19.2. The van der Waals surface area contributed by atoms with Crippen molar-refractivity contribution >= 4 is 23.1 Å². The number of carbonyl (C=O) groups excluding carboxylic acids is 1. The molecule has 0 spiro atoms. The number of anilines is 3. The summed E-state index contributed by atoms with van der Waals surface area (Å²) in [7, 11) is 0. The standard InChI is InChI=1S/C18H10F3N5O/c19-11-5-6-13(17(21)16(11)20)26-18(27)14-8-24-15(9-23-14)25-12-4-2-1-3-10(12)7-22/h1-6,8-9H,(H,24,25)(H,26,27). The molecule has 2 N–H and O–H groups in total. The third kappa shape index (κ3) is 3.85. The van der Waals surface area contributed by atoms with E-state index in [0.29, 0.717) is 17.3 Å². The van der Waals surface area contributed by atoms with Gasteiger partial charge in [0.2, 0.25) is 0 Å². The van der Waals surface area contributed by atoms with E-state index >= 15 is 0 Å². The summed E-state index contributed by atoms with van der Waals surface area (Å²) in [5.41, 5.74) is 0.217. The predicted octanol–water partition coefficient (Wildman–Crippen LogP) is 3.76. The van der Waals surface area contributed by atoms with Crippen LogP contribution in [-0.4, -0.2) is 15.9 Å². The number of carbonyl (C=O) groups is 1. The molecule has 1 heterocycles. The number of rotatable bonds is 4. The van der Waals surface area contributed by atoms with Gasteiger partial charge in [-0.05, 0) is 24.3 Å². The molecule has 0 unspecified atom stereocenters. The van der Waals surface area contributed by atoms with Gasteiger partial charge in [0.1, 0.15) is 17.6 Å². The minimum absolute atomic E-state index is 0.168. The fraction of sp³-hybridized carbons (Fsp3) is 0. The zero-order chi connectivity index (χ0) is 19.4. The number of para-hydroxylation sites is 1. The van der Waals surface area contributed by atoms with Crippen LogP contribution in [-0.2, 0) is 0 Å². The van der Waals surface area contributed by atoms with E-state index in [1.165, 1.54) is 6.20 Å². The van der Waals surface area contributed by atoms with Crippen LogP contribution >= 0.6 is 0 Å². The molecule has 3 rings (SSSR count). The number of halogens is 3. The van der Waals surface area contributed by atoms with Crippen molar-refractivity contribution < 1.29 is 18.0 Å². The van der Waals surface area contributed by atoms with Gasteiger partial charge in [0.25, 0.3) is 5.91 Å². The number of hydrogen-bond acceptors (Lipinski definition) is 5. The van der Waals surface area contributed by atoms with Crippen molar-refractivity contribution in [1.29, 1.82) is 5.26 Å². The van der Waals surface area contributed by atoms with Crippen LogP contribution < -0.4 is 10.6 Å². The lowest BCUT2D eigenvalue weighted by atomic mass is 10.2. The summed E-state index contributed by atoms with van der Waals surface area (Å²) in [5.74, 6) is -5.14. The molecule has 0 saturated heterocycles. The minimum Gasteiger partial charge on any atom is -0.338 e. The number of nitriles is 1. The molecule has 1 amide bonds. The number of aromatic nitrogens is 2. The Kier molecular flexibility index (Phi) is 4.99. The van der Waals surface area contributed by atoms with E-state index in [1.54, 1.807) is 24.3 Å². The van der Waals surface area contributed by atoms with Gasteiger partial charge >= 0.3 is 0 Å². The van der Waals surface area contributed by atoms with E-state index in [1.807, 2.05) is 6.07 Å². The van der Waals surface area contributed by atoms with Crippen molar-refractivity contribution in [3.8, 4) is 6.07 Å². The van der Waals surface area contributed by atoms with Crippen molar-refractivity contribution in [2.45, 2.75) is 0 Å². The quantitative estimate of drug-likeness (QED) is 0.684. The molecule has 1 aromatic heterocycles. The monoisotopic (exact) mass is 369 g/mol. The fourth-order valence-electron chi connectivity index (χ4n) is 2.15. The highest BCUT2D eigenvalue weighted by Gasteiger charge is 2.17. The zero-order valence-corrected chi connectivity index (χ0v) is 13.5. The molecule has 0 bridgehead atoms. The molecule has 2 aromatic carbocycles. The Labute approximate surface area is 151 Å². The van der Waals surface area contributed by atoms with Gasteiger partial charge in [-0.15, -0.1) is 0 Å². The van der Waals surface area contributed by atoms with Crippen LogP contribution in [0.5, 0.6) is 0 Å². The maximum Gasteiger partial charge on any atom is 0.275 e. The van der Waals surface area contributed by atoms with Gasteiger partial charge in [0.05, 0.1) is 29.3 Å². The van der Waals surface area contributed by atoms with Crippen LogP contribution in [0.15, 0.2) is 48.8 Å². The van der Waals surface area contributed by atoms with Crippen LogP contribution in [0.1, 0.15) is 16.1 Å². The molecular weight excluding hydrogens is 359 g/mol. The first-order chi connectivity index (χ1) is 13.0. The summed E-state index contributed by atoms with van der Waals surface area (Å²) >= 11 is 0. The molecule has 0 saturated carbocycles. The van der Waals surface area contributed by atoms with Gasteiger partial charge in [-0.1, -0.05) is 12.1 Å². The molecule has 134 valence electrons. The molecule has 0 radical (unpaired) electrons. The summed E-state index contributed by atoms with van der Waals surface area (Å²) in [6.07, 6.45) is 2.36. The van der Waals surface area contributed by atoms with Crippen LogP contribution in [0.2, 0.25) is 0 Å². The fourth-order valence-corrected chi connectivity index (χ4v) is 2.15. The Morgan fingerprint density at radius 3 is 2.44 bits per heavy atom. The Hall–Kier alpha value is -3.93. The van der Waals surface area contributed by atoms with Crippen LogP contribution in [0, 0.1) is 28.8 Å². The van der Waals surface area contributed by atoms with E-state index in [4.69, 9.17) is 5.26 Å². The Morgan fingerprint density at radius 2 is 1.74 bits per heavy atom. The normalized spacial score (nSPS) is 10.1. The summed E-state index contributed by atoms with van der Waals surface area (Å²) in [4.78, 5) is 20.0. The molecule has 0 fully saturated rings. The summed E-state index contributed by atoms with van der Waals surface area (Å²) in [5, 5.41) is 14.0. The van der Waals surface area contributed by atoms with E-state index in [-0.39, 0.29) is 11.5 Å². The van der Waals surface area contributed by atoms with E-state index in [0.717, 1.165) is 12.3 Å². The molecule has 6 nitrogen and oxygen atoms in total. The molecule has 0 aliphatic heterocycles. The number of amides is 1. The second-order valence-electron chi connectivity index (χ2n) is 5.25. The first-order valence-electron chi connectivity index (χ1n) is 7.52. The van der Waals surface area contributed by atoms with Crippen molar-refractivity contribution in [2.75, 3.05) is 10.6 Å². The molecule has 9 heteroatoms. The second-order valence-corrected chi connectivity index (χ2v) is 5.25. The van der Waals surface area contributed by atoms with Crippen molar-refractivity contribution in [1.82, 2.24) is 9.97 Å². The molecular formula is C18H10F3N5O. The summed E-state index contributed by atoms with van der Waals surface area (Å²) in [6, 6.07) is 10.3. The lowest BCUT2D eigenvalue weighted by molar-refractivity contribution is 0.102. The highest BCUT2D eigenvalue weighted by Crippen LogP contribution is 2.21. The van der Waals surface area contributed by atoms with Gasteiger partial charge in [-0.3, -0.25) is 4.79 Å². The summed E-state index contributed by atoms with van der Waals surface area (Å²) in [6.45, 7) is 0. The lowest BCUT2D eigenvalue weighted by Gasteiger charge is -2.08. The van der Waals surface area contributed by atoms with E-state index in [9.17, 15) is 18.0 Å². The van der Waals surface area contributed by atoms with E-state index in [2.05, 4.69) is 20.6 Å². The molecule has 0 aliphatic rings. The third-order valence-electron chi connectivity index (χ3n) is 3.48. The second kappa shape index (κ2) is 7.53. The SMILES string of the molecule is N#Cc1ccccc1Nc1cnc(C(=O)Nc2ccc(F)c(F)c2F)cn1. The first-order valence-corrected chi connectivity index (χ1v) is 7.52. The average molecular weight is 369 g/mol. The Morgan fingerprint density at radius 1 is 0.963 bits per heavy atom. The first kappa shape index (κ1) is 17.9. The van der Waals surface area contributed by atoms with Crippen LogP contribution in [0.25, 0.3) is 0 Å². The molecule has 3 aromatic rings. The number of nitrogens with zero attached hydrogens (tertiary/aromatic N) is 3. The zero-order valence-electron chi connectivity index (χ0n) is 13.5. The van der Waals surface area contributed by atoms with Crippen LogP contribution in [0.3, 0.4) is 0 Å².